The number of carbonyl (C=O) groups is 1. The lowest BCUT2D eigenvalue weighted by molar-refractivity contribution is -0.140. The third kappa shape index (κ3) is 7.53. The van der Waals surface area contributed by atoms with Crippen LogP contribution < -0.4 is 4.74 Å². The standard InChI is InChI=1S/C27H41IO2/c1-3-5-25(28)7-4-6-21-10-14-24(15-11-21)27(29)30-26-18-16-23(17-19-26)22-12-8-20(2)9-13-22/h16-22,24-25H,3-15H2,1-2H3. The van der Waals surface area contributed by atoms with Gasteiger partial charge >= 0.3 is 5.97 Å². The number of halogens is 1. The van der Waals surface area contributed by atoms with Gasteiger partial charge in [-0.3, -0.25) is 4.79 Å². The van der Waals surface area contributed by atoms with Crippen molar-refractivity contribution in [2.24, 2.45) is 17.8 Å². The fraction of sp³-hybridized carbons (Fsp3) is 0.741. The first-order chi connectivity index (χ1) is 14.5. The Balaban J connectivity index is 1.37. The highest BCUT2D eigenvalue weighted by Crippen LogP contribution is 2.36. The maximum Gasteiger partial charge on any atom is 0.314 e. The molecule has 0 N–H and O–H groups in total. The molecule has 2 aliphatic carbocycles. The molecule has 0 bridgehead atoms. The van der Waals surface area contributed by atoms with Crippen molar-refractivity contribution in [2.75, 3.05) is 0 Å². The Bertz CT molecular complexity index is 625. The van der Waals surface area contributed by atoms with Crippen LogP contribution in [-0.2, 0) is 4.79 Å². The van der Waals surface area contributed by atoms with Crippen molar-refractivity contribution in [1.29, 1.82) is 0 Å². The molecule has 30 heavy (non-hydrogen) atoms. The predicted octanol–water partition coefficient (Wildman–Crippen LogP) is 8.47. The van der Waals surface area contributed by atoms with E-state index in [9.17, 15) is 4.79 Å². The van der Waals surface area contributed by atoms with E-state index in [0.717, 1.165) is 34.4 Å². The highest BCUT2D eigenvalue weighted by Gasteiger charge is 2.28. The monoisotopic (exact) mass is 524 g/mol. The molecule has 0 aliphatic heterocycles. The summed E-state index contributed by atoms with van der Waals surface area (Å²) in [5, 5.41) is 0. The zero-order valence-corrected chi connectivity index (χ0v) is 21.2. The second-order valence-electron chi connectivity index (χ2n) is 9.98. The van der Waals surface area contributed by atoms with Gasteiger partial charge in [0.05, 0.1) is 5.92 Å². The average molecular weight is 525 g/mol. The Morgan fingerprint density at radius 3 is 2.30 bits per heavy atom. The molecule has 0 amide bonds. The SMILES string of the molecule is CCCC(I)CCCC1CCC(C(=O)Oc2ccc(C3CCC(C)CC3)cc2)CC1. The fourth-order valence-electron chi connectivity index (χ4n) is 5.37. The summed E-state index contributed by atoms with van der Waals surface area (Å²) in [6.07, 6.45) is 16.3. The quantitative estimate of drug-likeness (QED) is 0.140. The minimum absolute atomic E-state index is 0.0111. The first kappa shape index (κ1) is 24.1. The Labute approximate surface area is 198 Å². The molecule has 0 spiro atoms. The highest BCUT2D eigenvalue weighted by molar-refractivity contribution is 14.1. The highest BCUT2D eigenvalue weighted by atomic mass is 127. The molecule has 2 aliphatic rings. The lowest BCUT2D eigenvalue weighted by Crippen LogP contribution is -2.25. The molecule has 0 saturated heterocycles. The van der Waals surface area contributed by atoms with E-state index < -0.39 is 0 Å². The lowest BCUT2D eigenvalue weighted by atomic mass is 9.79. The minimum Gasteiger partial charge on any atom is -0.426 e. The first-order valence-electron chi connectivity index (χ1n) is 12.5. The zero-order valence-electron chi connectivity index (χ0n) is 19.1. The third-order valence-corrected chi connectivity index (χ3v) is 8.74. The summed E-state index contributed by atoms with van der Waals surface area (Å²) in [5.41, 5.74) is 1.41. The number of alkyl halides is 1. The summed E-state index contributed by atoms with van der Waals surface area (Å²) in [6, 6.07) is 8.37. The van der Waals surface area contributed by atoms with Crippen molar-refractivity contribution in [2.45, 2.75) is 107 Å². The molecular weight excluding hydrogens is 483 g/mol. The van der Waals surface area contributed by atoms with Gasteiger partial charge in [0.1, 0.15) is 5.75 Å². The number of ether oxygens (including phenoxy) is 1. The van der Waals surface area contributed by atoms with Crippen molar-refractivity contribution < 1.29 is 9.53 Å². The number of carbonyl (C=O) groups excluding carboxylic acids is 1. The Morgan fingerprint density at radius 2 is 1.67 bits per heavy atom. The molecular formula is C27H41IO2. The van der Waals surface area contributed by atoms with E-state index in [4.69, 9.17) is 4.74 Å². The largest absolute Gasteiger partial charge is 0.426 e. The molecule has 1 unspecified atom stereocenters. The maximum atomic E-state index is 12.6. The maximum absolute atomic E-state index is 12.6. The van der Waals surface area contributed by atoms with Gasteiger partial charge in [0.15, 0.2) is 0 Å². The van der Waals surface area contributed by atoms with Crippen LogP contribution in [-0.4, -0.2) is 9.89 Å². The van der Waals surface area contributed by atoms with Crippen LogP contribution in [0.15, 0.2) is 24.3 Å². The molecule has 1 aromatic rings. The molecule has 2 nitrogen and oxygen atoms in total. The van der Waals surface area contributed by atoms with E-state index >= 15 is 0 Å². The van der Waals surface area contributed by atoms with Gasteiger partial charge in [0, 0.05) is 3.92 Å². The number of rotatable bonds is 9. The normalized spacial score (nSPS) is 28.1. The van der Waals surface area contributed by atoms with Crippen LogP contribution in [0.3, 0.4) is 0 Å². The second-order valence-corrected chi connectivity index (χ2v) is 11.7. The molecule has 2 fully saturated rings. The van der Waals surface area contributed by atoms with Crippen LogP contribution in [0.2, 0.25) is 0 Å². The summed E-state index contributed by atoms with van der Waals surface area (Å²) in [6.45, 7) is 4.64. The smallest absolute Gasteiger partial charge is 0.314 e. The third-order valence-electron chi connectivity index (χ3n) is 7.50. The Kier molecular flexibility index (Phi) is 9.99. The summed E-state index contributed by atoms with van der Waals surface area (Å²) in [5.74, 6) is 3.18. The van der Waals surface area contributed by atoms with Crippen molar-refractivity contribution in [3.05, 3.63) is 29.8 Å². The summed E-state index contributed by atoms with van der Waals surface area (Å²) in [4.78, 5) is 12.6. The minimum atomic E-state index is -0.0111. The number of hydrogen-bond donors (Lipinski definition) is 0. The summed E-state index contributed by atoms with van der Waals surface area (Å²) < 4.78 is 6.59. The topological polar surface area (TPSA) is 26.3 Å². The molecule has 3 heteroatoms. The van der Waals surface area contributed by atoms with E-state index in [1.165, 1.54) is 76.2 Å². The van der Waals surface area contributed by atoms with E-state index in [0.29, 0.717) is 5.92 Å². The molecule has 0 heterocycles. The van der Waals surface area contributed by atoms with Crippen LogP contribution in [0.4, 0.5) is 0 Å². The van der Waals surface area contributed by atoms with Crippen molar-refractivity contribution >= 4 is 28.6 Å². The Hall–Kier alpha value is -0.580. The van der Waals surface area contributed by atoms with Crippen molar-refractivity contribution in [3.8, 4) is 5.75 Å². The van der Waals surface area contributed by atoms with Gasteiger partial charge in [-0.25, -0.2) is 0 Å². The first-order valence-corrected chi connectivity index (χ1v) is 13.8. The summed E-state index contributed by atoms with van der Waals surface area (Å²) in [7, 11) is 0. The van der Waals surface area contributed by atoms with Crippen molar-refractivity contribution in [1.82, 2.24) is 0 Å². The molecule has 168 valence electrons. The average Bonchev–Trinajstić information content (AvgIpc) is 2.75. The van der Waals surface area contributed by atoms with E-state index in [-0.39, 0.29) is 11.9 Å². The molecule has 3 rings (SSSR count). The predicted molar refractivity (Wildman–Crippen MR) is 134 cm³/mol. The van der Waals surface area contributed by atoms with Crippen LogP contribution in [0, 0.1) is 17.8 Å². The van der Waals surface area contributed by atoms with Gasteiger partial charge < -0.3 is 4.74 Å². The van der Waals surface area contributed by atoms with Gasteiger partial charge in [-0.2, -0.15) is 0 Å². The van der Waals surface area contributed by atoms with E-state index in [1.807, 2.05) is 12.1 Å². The number of benzene rings is 1. The molecule has 0 radical (unpaired) electrons. The zero-order chi connectivity index (χ0) is 21.3. The van der Waals surface area contributed by atoms with Crippen LogP contribution >= 0.6 is 22.6 Å². The molecule has 2 saturated carbocycles. The lowest BCUT2D eigenvalue weighted by Gasteiger charge is -2.27. The van der Waals surface area contributed by atoms with Gasteiger partial charge in [0.2, 0.25) is 0 Å². The van der Waals surface area contributed by atoms with E-state index in [2.05, 4.69) is 48.6 Å². The van der Waals surface area contributed by atoms with Crippen LogP contribution in [0.25, 0.3) is 0 Å². The van der Waals surface area contributed by atoms with Crippen molar-refractivity contribution in [3.63, 3.8) is 0 Å². The fourth-order valence-corrected chi connectivity index (χ4v) is 6.44. The van der Waals surface area contributed by atoms with E-state index in [1.54, 1.807) is 0 Å². The van der Waals surface area contributed by atoms with Crippen LogP contribution in [0.5, 0.6) is 5.75 Å². The molecule has 0 aromatic heterocycles. The van der Waals surface area contributed by atoms with Gasteiger partial charge in [-0.15, -0.1) is 0 Å². The van der Waals surface area contributed by atoms with Gasteiger partial charge in [-0.1, -0.05) is 80.7 Å². The molecule has 1 atom stereocenters. The van der Waals surface area contributed by atoms with Crippen LogP contribution in [0.1, 0.15) is 109 Å². The summed E-state index contributed by atoms with van der Waals surface area (Å²) >= 11 is 2.61. The molecule has 1 aromatic carbocycles. The number of hydrogen-bond acceptors (Lipinski definition) is 2. The number of esters is 1. The Morgan fingerprint density at radius 1 is 1.00 bits per heavy atom. The van der Waals surface area contributed by atoms with Gasteiger partial charge in [-0.05, 0) is 86.8 Å². The van der Waals surface area contributed by atoms with Gasteiger partial charge in [0.25, 0.3) is 0 Å². The second kappa shape index (κ2) is 12.5.